The average Bonchev–Trinajstić information content (AvgIpc) is 3.41. The Morgan fingerprint density at radius 2 is 2.00 bits per heavy atom. The van der Waals surface area contributed by atoms with Crippen LogP contribution in [0, 0.1) is 0 Å². The number of thiazole rings is 1. The summed E-state index contributed by atoms with van der Waals surface area (Å²) in [6, 6.07) is 12.0. The lowest BCUT2D eigenvalue weighted by Gasteiger charge is -2.10. The fourth-order valence-corrected chi connectivity index (χ4v) is 4.13. The first-order chi connectivity index (χ1) is 12.8. The molecule has 3 heterocycles. The van der Waals surface area contributed by atoms with Crippen molar-refractivity contribution in [1.82, 2.24) is 20.1 Å². The number of hydrogen-bond acceptors (Lipinski definition) is 5. The predicted octanol–water partition coefficient (Wildman–Crippen LogP) is 4.05. The van der Waals surface area contributed by atoms with Gasteiger partial charge in [0.1, 0.15) is 10.7 Å². The van der Waals surface area contributed by atoms with Crippen molar-refractivity contribution in [3.05, 3.63) is 81.8 Å². The second kappa shape index (κ2) is 7.63. The van der Waals surface area contributed by atoms with E-state index in [2.05, 4.69) is 21.5 Å². The molecule has 7 heteroatoms. The Morgan fingerprint density at radius 3 is 2.77 bits per heavy atom. The summed E-state index contributed by atoms with van der Waals surface area (Å²) < 4.78 is 1.87. The van der Waals surface area contributed by atoms with Crippen LogP contribution in [0.2, 0.25) is 0 Å². The van der Waals surface area contributed by atoms with Crippen LogP contribution in [0.1, 0.15) is 21.6 Å². The van der Waals surface area contributed by atoms with Crippen LogP contribution in [0.3, 0.4) is 0 Å². The zero-order valence-electron chi connectivity index (χ0n) is 13.8. The maximum absolute atomic E-state index is 12.4. The molecule has 0 spiro atoms. The van der Waals surface area contributed by atoms with Crippen molar-refractivity contribution in [3.63, 3.8) is 0 Å². The van der Waals surface area contributed by atoms with E-state index >= 15 is 0 Å². The van der Waals surface area contributed by atoms with Crippen LogP contribution < -0.4 is 5.32 Å². The monoisotopic (exact) mass is 380 g/mol. The fraction of sp³-hybridized carbons (Fsp3) is 0.105. The molecule has 3 aromatic heterocycles. The van der Waals surface area contributed by atoms with Gasteiger partial charge in [0, 0.05) is 35.3 Å². The largest absolute Gasteiger partial charge is 0.347 e. The molecule has 5 nitrogen and oxygen atoms in total. The van der Waals surface area contributed by atoms with E-state index in [1.54, 1.807) is 22.9 Å². The highest BCUT2D eigenvalue weighted by atomic mass is 32.1. The maximum Gasteiger partial charge on any atom is 0.271 e. The van der Waals surface area contributed by atoms with E-state index in [0.717, 1.165) is 21.7 Å². The van der Waals surface area contributed by atoms with Gasteiger partial charge in [-0.25, -0.2) is 4.98 Å². The quantitative estimate of drug-likeness (QED) is 0.549. The lowest BCUT2D eigenvalue weighted by Crippen LogP contribution is -2.24. The van der Waals surface area contributed by atoms with E-state index in [1.165, 1.54) is 11.3 Å². The van der Waals surface area contributed by atoms with Crippen LogP contribution >= 0.6 is 22.7 Å². The second-order valence-corrected chi connectivity index (χ2v) is 7.34. The van der Waals surface area contributed by atoms with Crippen molar-refractivity contribution in [2.75, 3.05) is 0 Å². The van der Waals surface area contributed by atoms with Gasteiger partial charge < -0.3 is 5.32 Å². The van der Waals surface area contributed by atoms with Crippen LogP contribution in [-0.4, -0.2) is 20.7 Å². The number of rotatable bonds is 6. The number of thiophene rings is 1. The number of nitrogens with zero attached hydrogens (tertiary/aromatic N) is 3. The van der Waals surface area contributed by atoms with Crippen molar-refractivity contribution in [3.8, 4) is 10.6 Å². The standard InChI is InChI=1S/C19H16N4OS2/c24-18(17-13-26-19(22-17)16-6-9-25-12-16)20-10-14-4-1-2-5-15(14)11-23-8-3-7-21-23/h1-9,12-13H,10-11H2,(H,20,24). The van der Waals surface area contributed by atoms with E-state index in [1.807, 2.05) is 52.0 Å². The van der Waals surface area contributed by atoms with Gasteiger partial charge in [-0.05, 0) is 28.6 Å². The molecule has 0 aliphatic rings. The Morgan fingerprint density at radius 1 is 1.12 bits per heavy atom. The van der Waals surface area contributed by atoms with Gasteiger partial charge in [-0.1, -0.05) is 24.3 Å². The first-order valence-corrected chi connectivity index (χ1v) is 9.92. The van der Waals surface area contributed by atoms with E-state index in [0.29, 0.717) is 18.8 Å². The molecule has 1 aromatic carbocycles. The molecule has 0 radical (unpaired) electrons. The van der Waals surface area contributed by atoms with Crippen molar-refractivity contribution >= 4 is 28.6 Å². The maximum atomic E-state index is 12.4. The molecule has 1 amide bonds. The van der Waals surface area contributed by atoms with Crippen LogP contribution in [0.15, 0.2) is 64.9 Å². The Bertz CT molecular complexity index is 990. The number of carbonyl (C=O) groups excluding carboxylic acids is 1. The molecule has 4 aromatic rings. The Kier molecular flexibility index (Phi) is 4.90. The minimum absolute atomic E-state index is 0.156. The summed E-state index contributed by atoms with van der Waals surface area (Å²) in [4.78, 5) is 16.9. The predicted molar refractivity (Wildman–Crippen MR) is 104 cm³/mol. The lowest BCUT2D eigenvalue weighted by atomic mass is 10.1. The normalized spacial score (nSPS) is 10.8. The molecule has 0 saturated heterocycles. The first-order valence-electron chi connectivity index (χ1n) is 8.10. The molecule has 0 fully saturated rings. The van der Waals surface area contributed by atoms with Gasteiger partial charge >= 0.3 is 0 Å². The summed E-state index contributed by atoms with van der Waals surface area (Å²) in [6.07, 6.45) is 3.69. The van der Waals surface area contributed by atoms with Crippen molar-refractivity contribution < 1.29 is 4.79 Å². The van der Waals surface area contributed by atoms with Gasteiger partial charge in [0.15, 0.2) is 0 Å². The van der Waals surface area contributed by atoms with Crippen LogP contribution in [0.5, 0.6) is 0 Å². The fourth-order valence-electron chi connectivity index (χ4n) is 2.62. The molecule has 0 aliphatic heterocycles. The third-order valence-corrected chi connectivity index (χ3v) is 5.53. The Balaban J connectivity index is 1.43. The van der Waals surface area contributed by atoms with Crippen LogP contribution in [-0.2, 0) is 13.1 Å². The van der Waals surface area contributed by atoms with Crippen molar-refractivity contribution in [2.24, 2.45) is 0 Å². The number of aromatic nitrogens is 3. The highest BCUT2D eigenvalue weighted by Gasteiger charge is 2.12. The van der Waals surface area contributed by atoms with Gasteiger partial charge in [0.25, 0.3) is 5.91 Å². The van der Waals surface area contributed by atoms with Crippen LogP contribution in [0.25, 0.3) is 10.6 Å². The summed E-state index contributed by atoms with van der Waals surface area (Å²) in [7, 11) is 0. The van der Waals surface area contributed by atoms with Crippen molar-refractivity contribution in [1.29, 1.82) is 0 Å². The molecule has 4 rings (SSSR count). The number of hydrogen-bond donors (Lipinski definition) is 1. The van der Waals surface area contributed by atoms with Crippen molar-refractivity contribution in [2.45, 2.75) is 13.1 Å². The summed E-state index contributed by atoms with van der Waals surface area (Å²) >= 11 is 3.11. The number of carbonyl (C=O) groups is 1. The topological polar surface area (TPSA) is 59.8 Å². The van der Waals surface area contributed by atoms with Gasteiger partial charge in [-0.3, -0.25) is 9.48 Å². The van der Waals surface area contributed by atoms with E-state index in [-0.39, 0.29) is 5.91 Å². The van der Waals surface area contributed by atoms with Crippen LogP contribution in [0.4, 0.5) is 0 Å². The van der Waals surface area contributed by atoms with Gasteiger partial charge in [-0.2, -0.15) is 16.4 Å². The van der Waals surface area contributed by atoms with Gasteiger partial charge in [-0.15, -0.1) is 11.3 Å². The molecule has 0 unspecified atom stereocenters. The third kappa shape index (κ3) is 3.74. The molecule has 0 saturated carbocycles. The lowest BCUT2D eigenvalue weighted by molar-refractivity contribution is 0.0946. The molecule has 26 heavy (non-hydrogen) atoms. The molecular formula is C19H16N4OS2. The number of amides is 1. The molecule has 0 atom stereocenters. The van der Waals surface area contributed by atoms with Gasteiger partial charge in [0.05, 0.1) is 6.54 Å². The van der Waals surface area contributed by atoms with E-state index in [9.17, 15) is 4.79 Å². The first kappa shape index (κ1) is 16.7. The summed E-state index contributed by atoms with van der Waals surface area (Å²) in [5.74, 6) is -0.156. The molecule has 1 N–H and O–H groups in total. The smallest absolute Gasteiger partial charge is 0.271 e. The van der Waals surface area contributed by atoms with E-state index < -0.39 is 0 Å². The van der Waals surface area contributed by atoms with Gasteiger partial charge in [0.2, 0.25) is 0 Å². The summed E-state index contributed by atoms with van der Waals surface area (Å²) in [5.41, 5.74) is 3.72. The molecular weight excluding hydrogens is 364 g/mol. The highest BCUT2D eigenvalue weighted by Crippen LogP contribution is 2.25. The Labute approximate surface area is 159 Å². The molecule has 0 aliphatic carbocycles. The second-order valence-electron chi connectivity index (χ2n) is 5.70. The summed E-state index contributed by atoms with van der Waals surface area (Å²) in [6.45, 7) is 1.14. The zero-order valence-corrected chi connectivity index (χ0v) is 15.5. The molecule has 0 bridgehead atoms. The molecule has 130 valence electrons. The third-order valence-electron chi connectivity index (χ3n) is 3.95. The highest BCUT2D eigenvalue weighted by molar-refractivity contribution is 7.14. The number of nitrogens with one attached hydrogen (secondary N) is 1. The SMILES string of the molecule is O=C(NCc1ccccc1Cn1cccn1)c1csc(-c2ccsc2)n1. The van der Waals surface area contributed by atoms with E-state index in [4.69, 9.17) is 0 Å². The zero-order chi connectivity index (χ0) is 17.8. The number of benzene rings is 1. The minimum Gasteiger partial charge on any atom is -0.347 e. The summed E-state index contributed by atoms with van der Waals surface area (Å²) in [5, 5.41) is 13.9. The Hall–Kier alpha value is -2.77. The average molecular weight is 380 g/mol. The minimum atomic E-state index is -0.156.